The quantitative estimate of drug-likeness (QED) is 0.407. The van der Waals surface area contributed by atoms with Crippen LogP contribution in [0.25, 0.3) is 33.5 Å². The van der Waals surface area contributed by atoms with E-state index in [0.29, 0.717) is 10.3 Å². The van der Waals surface area contributed by atoms with Gasteiger partial charge in [0.2, 0.25) is 0 Å². The van der Waals surface area contributed by atoms with Crippen molar-refractivity contribution in [1.29, 1.82) is 0 Å². The third kappa shape index (κ3) is 4.05. The van der Waals surface area contributed by atoms with Crippen molar-refractivity contribution in [3.05, 3.63) is 71.8 Å². The van der Waals surface area contributed by atoms with Gasteiger partial charge in [0, 0.05) is 57.0 Å². The van der Waals surface area contributed by atoms with E-state index in [0.717, 1.165) is 34.5 Å². The number of aromatic nitrogens is 2. The van der Waals surface area contributed by atoms with Gasteiger partial charge in [-0.3, -0.25) is 4.90 Å². The van der Waals surface area contributed by atoms with Crippen LogP contribution in [-0.4, -0.2) is 67.3 Å². The van der Waals surface area contributed by atoms with Crippen LogP contribution in [0.1, 0.15) is 11.1 Å². The Labute approximate surface area is 213 Å². The van der Waals surface area contributed by atoms with E-state index in [1.807, 2.05) is 19.2 Å². The third-order valence-corrected chi connectivity index (χ3v) is 8.87. The number of aryl methyl sites for hydroxylation is 2. The van der Waals surface area contributed by atoms with Crippen LogP contribution in [0.5, 0.6) is 0 Å². The molecule has 3 heterocycles. The van der Waals surface area contributed by atoms with Crippen molar-refractivity contribution in [3.63, 3.8) is 0 Å². The van der Waals surface area contributed by atoms with Gasteiger partial charge < -0.3 is 9.47 Å². The van der Waals surface area contributed by atoms with Crippen LogP contribution in [0.15, 0.2) is 65.6 Å². The second-order valence-electron chi connectivity index (χ2n) is 11.0. The summed E-state index contributed by atoms with van der Waals surface area (Å²) >= 11 is 0. The fourth-order valence-corrected chi connectivity index (χ4v) is 6.74. The predicted octanol–water partition coefficient (Wildman–Crippen LogP) is 4.37. The molecule has 0 unspecified atom stereocenters. The summed E-state index contributed by atoms with van der Waals surface area (Å²) in [4.78, 5) is 10.2. The molecule has 2 fully saturated rings. The van der Waals surface area contributed by atoms with Crippen molar-refractivity contribution in [2.45, 2.75) is 18.4 Å². The molecule has 6 rings (SSSR count). The minimum absolute atomic E-state index is 0.316. The van der Waals surface area contributed by atoms with Gasteiger partial charge in [-0.2, -0.15) is 0 Å². The monoisotopic (exact) mass is 500 g/mol. The minimum Gasteiger partial charge on any atom is -0.327 e. The molecule has 0 radical (unpaired) electrons. The molecule has 0 atom stereocenters. The number of rotatable bonds is 5. The van der Waals surface area contributed by atoms with E-state index < -0.39 is 9.84 Å². The number of hydrogen-bond acceptors (Lipinski definition) is 5. The van der Waals surface area contributed by atoms with E-state index in [-0.39, 0.29) is 0 Å². The summed E-state index contributed by atoms with van der Waals surface area (Å²) in [6, 6.07) is 20.3. The van der Waals surface area contributed by atoms with E-state index >= 15 is 0 Å². The summed E-state index contributed by atoms with van der Waals surface area (Å²) in [6.07, 6.45) is 1.22. The first-order valence-corrected chi connectivity index (χ1v) is 14.3. The van der Waals surface area contributed by atoms with Crippen LogP contribution in [0, 0.1) is 12.3 Å². The van der Waals surface area contributed by atoms with Crippen LogP contribution in [-0.2, 0) is 23.4 Å². The third-order valence-electron chi connectivity index (χ3n) is 7.74. The number of likely N-dealkylation sites (tertiary alicyclic amines) is 2. The maximum atomic E-state index is 11.8. The second kappa shape index (κ2) is 8.26. The molecule has 36 heavy (non-hydrogen) atoms. The Morgan fingerprint density at radius 3 is 2.11 bits per heavy atom. The highest BCUT2D eigenvalue weighted by Crippen LogP contribution is 2.39. The van der Waals surface area contributed by atoms with E-state index in [4.69, 9.17) is 4.98 Å². The molecule has 2 aliphatic heterocycles. The Bertz CT molecular complexity index is 1560. The lowest BCUT2D eigenvalue weighted by Crippen LogP contribution is -2.70. The summed E-state index contributed by atoms with van der Waals surface area (Å²) in [5, 5.41) is 0. The zero-order valence-corrected chi connectivity index (χ0v) is 22.1. The van der Waals surface area contributed by atoms with Crippen LogP contribution in [0.3, 0.4) is 0 Å². The smallest absolute Gasteiger partial charge is 0.175 e. The topological polar surface area (TPSA) is 58.4 Å². The van der Waals surface area contributed by atoms with Crippen molar-refractivity contribution in [3.8, 4) is 22.5 Å². The fourth-order valence-electron chi connectivity index (χ4n) is 6.11. The lowest BCUT2D eigenvalue weighted by molar-refractivity contribution is -0.107. The first-order valence-electron chi connectivity index (χ1n) is 12.4. The Kier molecular flexibility index (Phi) is 5.37. The van der Waals surface area contributed by atoms with Gasteiger partial charge in [-0.1, -0.05) is 24.3 Å². The Morgan fingerprint density at radius 2 is 1.50 bits per heavy atom. The maximum absolute atomic E-state index is 11.8. The van der Waals surface area contributed by atoms with Gasteiger partial charge in [0.1, 0.15) is 5.82 Å². The molecular weight excluding hydrogens is 468 g/mol. The zero-order valence-electron chi connectivity index (χ0n) is 21.3. The number of nitrogens with zero attached hydrogens (tertiary/aromatic N) is 4. The summed E-state index contributed by atoms with van der Waals surface area (Å²) in [7, 11) is 0.994. The van der Waals surface area contributed by atoms with Crippen molar-refractivity contribution in [2.75, 3.05) is 39.5 Å². The predicted molar refractivity (Wildman–Crippen MR) is 145 cm³/mol. The molecule has 3 aromatic carbocycles. The van der Waals surface area contributed by atoms with Crippen molar-refractivity contribution in [1.82, 2.24) is 19.4 Å². The second-order valence-corrected chi connectivity index (χ2v) is 13.0. The molecule has 1 spiro atoms. The number of benzene rings is 3. The number of hydrogen-bond donors (Lipinski definition) is 0. The highest BCUT2D eigenvalue weighted by Gasteiger charge is 2.49. The molecule has 4 aromatic rings. The fraction of sp³-hybridized carbons (Fsp3) is 0.345. The molecule has 0 aliphatic carbocycles. The van der Waals surface area contributed by atoms with E-state index in [2.05, 4.69) is 64.7 Å². The van der Waals surface area contributed by atoms with Crippen molar-refractivity contribution < 1.29 is 8.42 Å². The van der Waals surface area contributed by atoms with Gasteiger partial charge in [-0.05, 0) is 72.6 Å². The molecule has 6 nitrogen and oxygen atoms in total. The summed E-state index contributed by atoms with van der Waals surface area (Å²) in [5.74, 6) is 0.825. The average molecular weight is 501 g/mol. The van der Waals surface area contributed by atoms with E-state index in [9.17, 15) is 8.42 Å². The molecule has 2 aliphatic rings. The first kappa shape index (κ1) is 23.4. The molecule has 0 N–H and O–H groups in total. The molecule has 0 amide bonds. The number of fused-ring (bicyclic) bond motifs is 1. The molecule has 2 saturated heterocycles. The summed E-state index contributed by atoms with van der Waals surface area (Å²) in [6.45, 7) is 8.04. The normalized spacial score (nSPS) is 17.9. The Hall–Kier alpha value is -3.00. The lowest BCUT2D eigenvalue weighted by Gasteiger charge is -2.59. The summed E-state index contributed by atoms with van der Waals surface area (Å²) in [5.41, 5.74) is 8.35. The molecule has 7 heteroatoms. The molecule has 1 aromatic heterocycles. The van der Waals surface area contributed by atoms with Crippen molar-refractivity contribution >= 4 is 20.9 Å². The maximum Gasteiger partial charge on any atom is 0.175 e. The van der Waals surface area contributed by atoms with Gasteiger partial charge in [0.05, 0.1) is 15.9 Å². The SMILES string of the molecule is Cc1cc(-c2ccc(CN3CC4(CN(C)C4)C3)cc2)cc2c1nc(-c1ccc(S(C)(=O)=O)cc1)n2C. The van der Waals surface area contributed by atoms with Crippen LogP contribution >= 0.6 is 0 Å². The summed E-state index contributed by atoms with van der Waals surface area (Å²) < 4.78 is 25.7. The lowest BCUT2D eigenvalue weighted by atomic mass is 9.73. The van der Waals surface area contributed by atoms with Gasteiger partial charge >= 0.3 is 0 Å². The van der Waals surface area contributed by atoms with Gasteiger partial charge in [-0.25, -0.2) is 13.4 Å². The van der Waals surface area contributed by atoms with E-state index in [1.165, 1.54) is 49.1 Å². The Balaban J connectivity index is 1.24. The molecular formula is C29H32N4O2S. The van der Waals surface area contributed by atoms with Crippen LogP contribution < -0.4 is 0 Å². The molecule has 0 bridgehead atoms. The zero-order chi connectivity index (χ0) is 25.2. The standard InChI is InChI=1S/C29H32N4O2S/c1-20-13-24(22-7-5-21(6-8-22)15-33-18-29(19-33)16-31(2)17-29)14-26-27(20)30-28(32(26)3)23-9-11-25(12-10-23)36(4,34)35/h5-14H,15-19H2,1-4H3. The number of sulfone groups is 1. The Morgan fingerprint density at radius 1 is 0.861 bits per heavy atom. The van der Waals surface area contributed by atoms with Gasteiger partial charge in [0.15, 0.2) is 9.84 Å². The largest absolute Gasteiger partial charge is 0.327 e. The van der Waals surface area contributed by atoms with E-state index in [1.54, 1.807) is 12.1 Å². The average Bonchev–Trinajstić information content (AvgIpc) is 3.14. The van der Waals surface area contributed by atoms with Crippen LogP contribution in [0.4, 0.5) is 0 Å². The van der Waals surface area contributed by atoms with Crippen molar-refractivity contribution in [2.24, 2.45) is 12.5 Å². The van der Waals surface area contributed by atoms with Gasteiger partial charge in [0.25, 0.3) is 0 Å². The minimum atomic E-state index is -3.23. The highest BCUT2D eigenvalue weighted by molar-refractivity contribution is 7.90. The number of imidazole rings is 1. The highest BCUT2D eigenvalue weighted by atomic mass is 32.2. The first-order chi connectivity index (χ1) is 17.1. The van der Waals surface area contributed by atoms with Crippen LogP contribution in [0.2, 0.25) is 0 Å². The molecule has 0 saturated carbocycles. The van der Waals surface area contributed by atoms with Gasteiger partial charge in [-0.15, -0.1) is 0 Å². The molecule has 186 valence electrons.